The molecule has 0 aliphatic carbocycles. The lowest BCUT2D eigenvalue weighted by Gasteiger charge is -2.37. The minimum atomic E-state index is -0.238. The number of hydrogen-bond acceptors (Lipinski definition) is 4. The molecule has 146 valence electrons. The van der Waals surface area contributed by atoms with Gasteiger partial charge in [-0.15, -0.1) is 0 Å². The second-order valence-electron chi connectivity index (χ2n) is 7.64. The maximum Gasteiger partial charge on any atom is 0.251 e. The zero-order valence-electron chi connectivity index (χ0n) is 15.9. The highest BCUT2D eigenvalue weighted by molar-refractivity contribution is 5.94. The van der Waals surface area contributed by atoms with E-state index in [9.17, 15) is 14.4 Å². The van der Waals surface area contributed by atoms with Gasteiger partial charge in [0.2, 0.25) is 11.8 Å². The molecule has 2 heterocycles. The summed E-state index contributed by atoms with van der Waals surface area (Å²) in [6.45, 7) is 5.06. The molecule has 0 saturated carbocycles. The van der Waals surface area contributed by atoms with Crippen LogP contribution in [0.15, 0.2) is 30.3 Å². The quantitative estimate of drug-likeness (QED) is 0.684. The van der Waals surface area contributed by atoms with Crippen LogP contribution in [-0.4, -0.2) is 59.9 Å². The van der Waals surface area contributed by atoms with Gasteiger partial charge >= 0.3 is 0 Å². The molecule has 0 bridgehead atoms. The van der Waals surface area contributed by atoms with Gasteiger partial charge in [0.25, 0.3) is 5.91 Å². The first-order chi connectivity index (χ1) is 12.9. The van der Waals surface area contributed by atoms with Gasteiger partial charge in [0.1, 0.15) is 0 Å². The highest BCUT2D eigenvalue weighted by Gasteiger charge is 2.43. The van der Waals surface area contributed by atoms with Gasteiger partial charge in [0.05, 0.1) is 6.04 Å². The standard InChI is InChI=1S/C20H28N4O3/c1-13(2)22-18(25)9-8-16-11-21-20(27)17-10-15(12-24(16)17)23-19(26)14-6-4-3-5-7-14/h3-7,13,15-17H,8-12H2,1-2H3,(H,21,27)(H,22,25)(H,23,26). The van der Waals surface area contributed by atoms with Crippen LogP contribution in [0.2, 0.25) is 0 Å². The molecule has 3 unspecified atom stereocenters. The Morgan fingerprint density at radius 3 is 2.70 bits per heavy atom. The third kappa shape index (κ3) is 4.86. The summed E-state index contributed by atoms with van der Waals surface area (Å²) >= 11 is 0. The monoisotopic (exact) mass is 372 g/mol. The average Bonchev–Trinajstić information content (AvgIpc) is 3.06. The second kappa shape index (κ2) is 8.52. The topological polar surface area (TPSA) is 90.5 Å². The van der Waals surface area contributed by atoms with Crippen LogP contribution in [-0.2, 0) is 9.59 Å². The molecule has 3 atom stereocenters. The van der Waals surface area contributed by atoms with Crippen molar-refractivity contribution < 1.29 is 14.4 Å². The van der Waals surface area contributed by atoms with Crippen LogP contribution in [0.25, 0.3) is 0 Å². The molecule has 0 aromatic heterocycles. The molecule has 2 aliphatic heterocycles. The largest absolute Gasteiger partial charge is 0.354 e. The Morgan fingerprint density at radius 1 is 1.26 bits per heavy atom. The summed E-state index contributed by atoms with van der Waals surface area (Å²) in [6.07, 6.45) is 1.72. The lowest BCUT2D eigenvalue weighted by molar-refractivity contribution is -0.129. The highest BCUT2D eigenvalue weighted by atomic mass is 16.2. The lowest BCUT2D eigenvalue weighted by Crippen LogP contribution is -2.58. The first kappa shape index (κ1) is 19.4. The number of piperazine rings is 1. The SMILES string of the molecule is CC(C)NC(=O)CCC1CNC(=O)C2CC(NC(=O)c3ccccc3)CN12. The molecule has 7 nitrogen and oxygen atoms in total. The van der Waals surface area contributed by atoms with Gasteiger partial charge < -0.3 is 16.0 Å². The number of rotatable bonds is 6. The predicted octanol–water partition coefficient (Wildman–Crippen LogP) is 0.663. The van der Waals surface area contributed by atoms with Crippen LogP contribution >= 0.6 is 0 Å². The van der Waals surface area contributed by atoms with Crippen molar-refractivity contribution in [2.45, 2.75) is 57.3 Å². The van der Waals surface area contributed by atoms with Crippen molar-refractivity contribution in [1.29, 1.82) is 0 Å². The average molecular weight is 372 g/mol. The Labute approximate surface area is 159 Å². The maximum atomic E-state index is 12.4. The molecule has 0 spiro atoms. The summed E-state index contributed by atoms with van der Waals surface area (Å²) in [6, 6.07) is 9.02. The fourth-order valence-corrected chi connectivity index (χ4v) is 3.90. The molecule has 3 N–H and O–H groups in total. The molecule has 3 amide bonds. The Morgan fingerprint density at radius 2 is 2.00 bits per heavy atom. The normalized spacial score (nSPS) is 25.0. The van der Waals surface area contributed by atoms with Crippen LogP contribution in [0.1, 0.15) is 43.5 Å². The third-order valence-electron chi connectivity index (χ3n) is 5.15. The van der Waals surface area contributed by atoms with Crippen LogP contribution in [0.3, 0.4) is 0 Å². The Kier molecular flexibility index (Phi) is 6.11. The summed E-state index contributed by atoms with van der Waals surface area (Å²) in [5.74, 6) is -0.0744. The highest BCUT2D eigenvalue weighted by Crippen LogP contribution is 2.26. The van der Waals surface area contributed by atoms with Gasteiger partial charge in [0.15, 0.2) is 0 Å². The molecule has 1 aromatic carbocycles. The maximum absolute atomic E-state index is 12.4. The predicted molar refractivity (Wildman–Crippen MR) is 102 cm³/mol. The van der Waals surface area contributed by atoms with Crippen molar-refractivity contribution in [2.75, 3.05) is 13.1 Å². The molecule has 2 aliphatic rings. The van der Waals surface area contributed by atoms with Crippen molar-refractivity contribution in [2.24, 2.45) is 0 Å². The summed E-state index contributed by atoms with van der Waals surface area (Å²) < 4.78 is 0. The van der Waals surface area contributed by atoms with E-state index in [4.69, 9.17) is 0 Å². The number of carbonyl (C=O) groups excluding carboxylic acids is 3. The van der Waals surface area contributed by atoms with E-state index in [2.05, 4.69) is 20.9 Å². The molecule has 7 heteroatoms. The van der Waals surface area contributed by atoms with E-state index in [1.54, 1.807) is 12.1 Å². The Hall–Kier alpha value is -2.41. The number of hydrogen-bond donors (Lipinski definition) is 3. The van der Waals surface area contributed by atoms with Crippen molar-refractivity contribution in [3.8, 4) is 0 Å². The minimum absolute atomic E-state index is 0.00865. The summed E-state index contributed by atoms with van der Waals surface area (Å²) in [5.41, 5.74) is 0.619. The van der Waals surface area contributed by atoms with Gasteiger partial charge in [-0.2, -0.15) is 0 Å². The molecule has 27 heavy (non-hydrogen) atoms. The first-order valence-electron chi connectivity index (χ1n) is 9.62. The fourth-order valence-electron chi connectivity index (χ4n) is 3.90. The summed E-state index contributed by atoms with van der Waals surface area (Å²) in [5, 5.41) is 8.89. The fraction of sp³-hybridized carbons (Fsp3) is 0.550. The van der Waals surface area contributed by atoms with E-state index in [1.807, 2.05) is 32.0 Å². The third-order valence-corrected chi connectivity index (χ3v) is 5.15. The summed E-state index contributed by atoms with van der Waals surface area (Å²) in [7, 11) is 0. The van der Waals surface area contributed by atoms with Crippen molar-refractivity contribution in [3.05, 3.63) is 35.9 Å². The van der Waals surface area contributed by atoms with Gasteiger partial charge in [-0.1, -0.05) is 18.2 Å². The molecule has 3 rings (SSSR count). The molecule has 2 saturated heterocycles. The first-order valence-corrected chi connectivity index (χ1v) is 9.62. The molecule has 2 fully saturated rings. The number of nitrogens with zero attached hydrogens (tertiary/aromatic N) is 1. The number of fused-ring (bicyclic) bond motifs is 1. The zero-order chi connectivity index (χ0) is 19.4. The van der Waals surface area contributed by atoms with E-state index in [1.165, 1.54) is 0 Å². The summed E-state index contributed by atoms with van der Waals surface area (Å²) in [4.78, 5) is 38.8. The zero-order valence-corrected chi connectivity index (χ0v) is 15.9. The Bertz CT molecular complexity index is 692. The molecule has 0 radical (unpaired) electrons. The number of amides is 3. The second-order valence-corrected chi connectivity index (χ2v) is 7.64. The van der Waals surface area contributed by atoms with E-state index >= 15 is 0 Å². The Balaban J connectivity index is 1.58. The molecular weight excluding hydrogens is 344 g/mol. The van der Waals surface area contributed by atoms with Gasteiger partial charge in [-0.3, -0.25) is 19.3 Å². The lowest BCUT2D eigenvalue weighted by atomic mass is 10.0. The van der Waals surface area contributed by atoms with E-state index in [-0.39, 0.29) is 41.9 Å². The van der Waals surface area contributed by atoms with Gasteiger partial charge in [0, 0.05) is 43.2 Å². The van der Waals surface area contributed by atoms with E-state index in [0.717, 1.165) is 0 Å². The van der Waals surface area contributed by atoms with E-state index in [0.29, 0.717) is 37.9 Å². The van der Waals surface area contributed by atoms with Crippen LogP contribution < -0.4 is 16.0 Å². The van der Waals surface area contributed by atoms with Crippen LogP contribution in [0.4, 0.5) is 0 Å². The van der Waals surface area contributed by atoms with Gasteiger partial charge in [-0.25, -0.2) is 0 Å². The van der Waals surface area contributed by atoms with Crippen LogP contribution in [0, 0.1) is 0 Å². The van der Waals surface area contributed by atoms with Crippen molar-refractivity contribution in [3.63, 3.8) is 0 Å². The van der Waals surface area contributed by atoms with E-state index < -0.39 is 0 Å². The van der Waals surface area contributed by atoms with Crippen LogP contribution in [0.5, 0.6) is 0 Å². The van der Waals surface area contributed by atoms with Crippen molar-refractivity contribution >= 4 is 17.7 Å². The number of benzene rings is 1. The van der Waals surface area contributed by atoms with Crippen molar-refractivity contribution in [1.82, 2.24) is 20.9 Å². The smallest absolute Gasteiger partial charge is 0.251 e. The minimum Gasteiger partial charge on any atom is -0.354 e. The van der Waals surface area contributed by atoms with Gasteiger partial charge in [-0.05, 0) is 38.8 Å². The number of nitrogens with one attached hydrogen (secondary N) is 3. The molecule has 1 aromatic rings. The number of carbonyl (C=O) groups is 3. The molecular formula is C20H28N4O3.